The van der Waals surface area contributed by atoms with E-state index >= 15 is 0 Å². The van der Waals surface area contributed by atoms with Crippen LogP contribution in [0.1, 0.15) is 18.5 Å². The topological polar surface area (TPSA) is 35.6 Å². The minimum Gasteiger partial charge on any atom is -0.339 e. The van der Waals surface area contributed by atoms with Crippen LogP contribution < -0.4 is 5.32 Å². The van der Waals surface area contributed by atoms with E-state index < -0.39 is 0 Å². The van der Waals surface area contributed by atoms with Gasteiger partial charge in [0.1, 0.15) is 5.82 Å². The maximum absolute atomic E-state index is 13.2. The lowest BCUT2D eigenvalue weighted by atomic mass is 10.1. The predicted octanol–water partition coefficient (Wildman–Crippen LogP) is 2.01. The largest absolute Gasteiger partial charge is 0.339 e. The predicted molar refractivity (Wildman–Crippen MR) is 84.6 cm³/mol. The number of hydrogen-bond donors (Lipinski definition) is 1. The van der Waals surface area contributed by atoms with Crippen LogP contribution in [-0.2, 0) is 4.79 Å². The maximum atomic E-state index is 13.2. The summed E-state index contributed by atoms with van der Waals surface area (Å²) in [6.07, 6.45) is 0. The third-order valence-corrected chi connectivity index (χ3v) is 4.61. The smallest absolute Gasteiger partial charge is 0.236 e. The van der Waals surface area contributed by atoms with Crippen molar-refractivity contribution in [3.63, 3.8) is 0 Å². The van der Waals surface area contributed by atoms with Crippen molar-refractivity contribution in [1.82, 2.24) is 15.1 Å². The normalized spacial score (nSPS) is 17.1. The van der Waals surface area contributed by atoms with Crippen LogP contribution in [0.2, 0.25) is 0 Å². The Labute approximate surface area is 133 Å². The molecule has 1 saturated heterocycles. The molecule has 1 atom stereocenters. The molecule has 1 aliphatic rings. The Balaban J connectivity index is 1.98. The number of benzene rings is 1. The number of carbonyl (C=O) groups excluding carboxylic acids is 1. The van der Waals surface area contributed by atoms with E-state index in [9.17, 15) is 9.18 Å². The van der Waals surface area contributed by atoms with Gasteiger partial charge in [-0.25, -0.2) is 4.39 Å². The van der Waals surface area contributed by atoms with Crippen LogP contribution in [0, 0.1) is 5.82 Å². The van der Waals surface area contributed by atoms with Crippen molar-refractivity contribution in [2.75, 3.05) is 39.8 Å². The molecule has 1 aliphatic heterocycles. The molecule has 1 aromatic rings. The van der Waals surface area contributed by atoms with Gasteiger partial charge in [-0.05, 0) is 31.7 Å². The first-order valence-electron chi connectivity index (χ1n) is 7.12. The van der Waals surface area contributed by atoms with Crippen LogP contribution >= 0.6 is 15.9 Å². The molecule has 116 valence electrons. The molecule has 1 unspecified atom stereocenters. The van der Waals surface area contributed by atoms with Gasteiger partial charge in [0.25, 0.3) is 0 Å². The van der Waals surface area contributed by atoms with Crippen molar-refractivity contribution in [2.24, 2.45) is 0 Å². The lowest BCUT2D eigenvalue weighted by Crippen LogP contribution is -2.49. The zero-order chi connectivity index (χ0) is 15.4. The van der Waals surface area contributed by atoms with E-state index in [2.05, 4.69) is 21.2 Å². The van der Waals surface area contributed by atoms with Gasteiger partial charge in [0.05, 0.1) is 6.54 Å². The Morgan fingerprint density at radius 3 is 2.76 bits per heavy atom. The number of hydrogen-bond acceptors (Lipinski definition) is 3. The number of rotatable bonds is 4. The van der Waals surface area contributed by atoms with Gasteiger partial charge in [-0.15, -0.1) is 0 Å². The molecule has 1 fully saturated rings. The molecule has 1 heterocycles. The van der Waals surface area contributed by atoms with E-state index in [1.165, 1.54) is 12.1 Å². The summed E-state index contributed by atoms with van der Waals surface area (Å²) in [5.41, 5.74) is 0.979. The molecular formula is C15H21BrFN3O. The minimum atomic E-state index is -0.266. The van der Waals surface area contributed by atoms with Gasteiger partial charge in [-0.2, -0.15) is 0 Å². The molecule has 1 amide bonds. The average Bonchev–Trinajstić information content (AvgIpc) is 2.47. The highest BCUT2D eigenvalue weighted by atomic mass is 79.9. The standard InChI is InChI=1S/C15H21BrFN3O/c1-11(13-4-3-12(17)9-14(13)16)19(2)10-15(21)20-7-5-18-6-8-20/h3-4,9,11,18H,5-8,10H2,1-2H3. The second-order valence-corrected chi connectivity index (χ2v) is 6.24. The first-order valence-corrected chi connectivity index (χ1v) is 7.92. The van der Waals surface area contributed by atoms with Crippen molar-refractivity contribution in [2.45, 2.75) is 13.0 Å². The molecule has 0 aromatic heterocycles. The fraction of sp³-hybridized carbons (Fsp3) is 0.533. The summed E-state index contributed by atoms with van der Waals surface area (Å²) in [6, 6.07) is 4.70. The molecule has 1 aromatic carbocycles. The molecule has 0 saturated carbocycles. The molecule has 0 bridgehead atoms. The van der Waals surface area contributed by atoms with Crippen molar-refractivity contribution >= 4 is 21.8 Å². The molecule has 4 nitrogen and oxygen atoms in total. The molecule has 0 spiro atoms. The first-order chi connectivity index (χ1) is 9.99. The van der Waals surface area contributed by atoms with Gasteiger partial charge < -0.3 is 10.2 Å². The number of piperazine rings is 1. The lowest BCUT2D eigenvalue weighted by Gasteiger charge is -2.31. The van der Waals surface area contributed by atoms with Crippen LogP contribution in [0.4, 0.5) is 4.39 Å². The van der Waals surface area contributed by atoms with Crippen LogP contribution in [0.15, 0.2) is 22.7 Å². The van der Waals surface area contributed by atoms with Crippen molar-refractivity contribution in [3.05, 3.63) is 34.1 Å². The Bertz CT molecular complexity index is 506. The highest BCUT2D eigenvalue weighted by molar-refractivity contribution is 9.10. The van der Waals surface area contributed by atoms with Gasteiger partial charge in [0.2, 0.25) is 5.91 Å². The van der Waals surface area contributed by atoms with E-state index in [1.54, 1.807) is 6.07 Å². The molecule has 0 radical (unpaired) electrons. The summed E-state index contributed by atoms with van der Waals surface area (Å²) in [5.74, 6) is -0.124. The van der Waals surface area contributed by atoms with E-state index in [4.69, 9.17) is 0 Å². The molecule has 1 N–H and O–H groups in total. The fourth-order valence-electron chi connectivity index (χ4n) is 2.44. The van der Waals surface area contributed by atoms with Crippen molar-refractivity contribution in [3.8, 4) is 0 Å². The number of nitrogens with zero attached hydrogens (tertiary/aromatic N) is 2. The third-order valence-electron chi connectivity index (χ3n) is 3.93. The van der Waals surface area contributed by atoms with Gasteiger partial charge in [0, 0.05) is 36.7 Å². The van der Waals surface area contributed by atoms with Crippen LogP contribution in [0.3, 0.4) is 0 Å². The number of carbonyl (C=O) groups is 1. The number of amides is 1. The molecular weight excluding hydrogens is 337 g/mol. The highest BCUT2D eigenvalue weighted by Crippen LogP contribution is 2.27. The third kappa shape index (κ3) is 4.25. The highest BCUT2D eigenvalue weighted by Gasteiger charge is 2.21. The lowest BCUT2D eigenvalue weighted by molar-refractivity contribution is -0.133. The van der Waals surface area contributed by atoms with E-state index in [1.807, 2.05) is 23.8 Å². The zero-order valence-electron chi connectivity index (χ0n) is 12.4. The van der Waals surface area contributed by atoms with Gasteiger partial charge in [-0.3, -0.25) is 9.69 Å². The van der Waals surface area contributed by atoms with Crippen LogP contribution in [0.25, 0.3) is 0 Å². The quantitative estimate of drug-likeness (QED) is 0.895. The SMILES string of the molecule is CC(c1ccc(F)cc1Br)N(C)CC(=O)N1CCNCC1. The molecule has 21 heavy (non-hydrogen) atoms. The number of nitrogens with one attached hydrogen (secondary N) is 1. The average molecular weight is 358 g/mol. The molecule has 6 heteroatoms. The Morgan fingerprint density at radius 2 is 2.14 bits per heavy atom. The Morgan fingerprint density at radius 1 is 1.48 bits per heavy atom. The van der Waals surface area contributed by atoms with Gasteiger partial charge in [0.15, 0.2) is 0 Å². The monoisotopic (exact) mass is 357 g/mol. The summed E-state index contributed by atoms with van der Waals surface area (Å²) in [6.45, 7) is 5.62. The summed E-state index contributed by atoms with van der Waals surface area (Å²) < 4.78 is 13.9. The van der Waals surface area contributed by atoms with Crippen LogP contribution in [-0.4, -0.2) is 55.5 Å². The van der Waals surface area contributed by atoms with Crippen molar-refractivity contribution < 1.29 is 9.18 Å². The first kappa shape index (κ1) is 16.4. The maximum Gasteiger partial charge on any atom is 0.236 e. The summed E-state index contributed by atoms with van der Waals surface area (Å²) in [7, 11) is 1.92. The molecule has 0 aliphatic carbocycles. The van der Waals surface area contributed by atoms with Gasteiger partial charge >= 0.3 is 0 Å². The zero-order valence-corrected chi connectivity index (χ0v) is 14.0. The Kier molecular flexibility index (Phi) is 5.72. The Hall–Kier alpha value is -0.980. The van der Waals surface area contributed by atoms with Crippen molar-refractivity contribution in [1.29, 1.82) is 0 Å². The number of halogens is 2. The number of likely N-dealkylation sites (N-methyl/N-ethyl adjacent to an activating group) is 1. The summed E-state index contributed by atoms with van der Waals surface area (Å²) in [5, 5.41) is 3.24. The molecule has 2 rings (SSSR count). The van der Waals surface area contributed by atoms with E-state index in [0.29, 0.717) is 6.54 Å². The van der Waals surface area contributed by atoms with Crippen LogP contribution in [0.5, 0.6) is 0 Å². The second-order valence-electron chi connectivity index (χ2n) is 5.39. The van der Waals surface area contributed by atoms with E-state index in [-0.39, 0.29) is 17.8 Å². The summed E-state index contributed by atoms with van der Waals surface area (Å²) >= 11 is 3.39. The van der Waals surface area contributed by atoms with Gasteiger partial charge in [-0.1, -0.05) is 22.0 Å². The van der Waals surface area contributed by atoms with E-state index in [0.717, 1.165) is 36.2 Å². The minimum absolute atomic E-state index is 0.0341. The fourth-order valence-corrected chi connectivity index (χ4v) is 3.12. The second kappa shape index (κ2) is 7.33. The summed E-state index contributed by atoms with van der Waals surface area (Å²) in [4.78, 5) is 16.1.